The fourth-order valence-electron chi connectivity index (χ4n) is 2.93. The van der Waals surface area contributed by atoms with Crippen molar-refractivity contribution in [3.05, 3.63) is 0 Å². The van der Waals surface area contributed by atoms with Gasteiger partial charge in [0.05, 0.1) is 0 Å². The number of primary amides is 1. The molecule has 17 heavy (non-hydrogen) atoms. The number of nitrogens with zero attached hydrogens (tertiary/aromatic N) is 1. The van der Waals surface area contributed by atoms with E-state index in [2.05, 4.69) is 0 Å². The normalized spacial score (nSPS) is 31.7. The third-order valence-corrected chi connectivity index (χ3v) is 3.48. The number of fused-ring (bicyclic) bond motifs is 2. The van der Waals surface area contributed by atoms with Crippen LogP contribution in [-0.2, 0) is 9.53 Å². The molecule has 1 saturated carbocycles. The van der Waals surface area contributed by atoms with E-state index in [9.17, 15) is 9.59 Å². The minimum absolute atomic E-state index is 0.132. The third-order valence-electron chi connectivity index (χ3n) is 3.48. The molecule has 96 valence electrons. The molecule has 0 aromatic rings. The maximum atomic E-state index is 12.1. The van der Waals surface area contributed by atoms with Crippen LogP contribution >= 0.6 is 0 Å². The molecule has 0 radical (unpaired) electrons. The van der Waals surface area contributed by atoms with Crippen LogP contribution in [0.15, 0.2) is 0 Å². The number of likely N-dealkylation sites (tertiary alicyclic amines) is 1. The summed E-state index contributed by atoms with van der Waals surface area (Å²) < 4.78 is 5.33. The Hall–Kier alpha value is -1.26. The Morgan fingerprint density at radius 3 is 2.47 bits per heavy atom. The first kappa shape index (κ1) is 12.2. The van der Waals surface area contributed by atoms with E-state index in [1.54, 1.807) is 4.90 Å². The van der Waals surface area contributed by atoms with Crippen molar-refractivity contribution in [1.29, 1.82) is 0 Å². The summed E-state index contributed by atoms with van der Waals surface area (Å²) in [6, 6.07) is -0.337. The van der Waals surface area contributed by atoms with Crippen LogP contribution in [0.4, 0.5) is 4.79 Å². The van der Waals surface area contributed by atoms with Gasteiger partial charge >= 0.3 is 6.09 Å². The molecule has 2 rings (SSSR count). The van der Waals surface area contributed by atoms with Crippen LogP contribution in [0.5, 0.6) is 0 Å². The maximum absolute atomic E-state index is 12.1. The number of carbonyl (C=O) groups excluding carboxylic acids is 2. The Kier molecular flexibility index (Phi) is 2.79. The Morgan fingerprint density at radius 2 is 1.94 bits per heavy atom. The average Bonchev–Trinajstić information content (AvgIpc) is 2.72. The number of hydrogen-bond donors (Lipinski definition) is 1. The second kappa shape index (κ2) is 3.89. The lowest BCUT2D eigenvalue weighted by Gasteiger charge is -2.34. The molecule has 2 amide bonds. The fraction of sp³-hybridized carbons (Fsp3) is 0.833. The molecular formula is C12H20N2O3. The van der Waals surface area contributed by atoms with Gasteiger partial charge in [0.25, 0.3) is 0 Å². The lowest BCUT2D eigenvalue weighted by Crippen LogP contribution is -2.52. The highest BCUT2D eigenvalue weighted by Crippen LogP contribution is 2.42. The average molecular weight is 240 g/mol. The summed E-state index contributed by atoms with van der Waals surface area (Å²) in [7, 11) is 0. The summed E-state index contributed by atoms with van der Waals surface area (Å²) in [4.78, 5) is 25.1. The zero-order valence-corrected chi connectivity index (χ0v) is 10.6. The predicted molar refractivity (Wildman–Crippen MR) is 62.2 cm³/mol. The van der Waals surface area contributed by atoms with Crippen molar-refractivity contribution in [3.8, 4) is 0 Å². The summed E-state index contributed by atoms with van der Waals surface area (Å²) in [5.41, 5.74) is 4.85. The second-order valence-corrected chi connectivity index (χ2v) is 5.96. The van der Waals surface area contributed by atoms with Gasteiger partial charge < -0.3 is 10.5 Å². The van der Waals surface area contributed by atoms with E-state index in [0.717, 1.165) is 19.3 Å². The van der Waals surface area contributed by atoms with Crippen molar-refractivity contribution in [1.82, 2.24) is 4.90 Å². The van der Waals surface area contributed by atoms with Gasteiger partial charge in [-0.3, -0.25) is 9.69 Å². The van der Waals surface area contributed by atoms with Gasteiger partial charge in [-0.05, 0) is 46.0 Å². The molecule has 1 aliphatic carbocycles. The van der Waals surface area contributed by atoms with E-state index in [0.29, 0.717) is 0 Å². The summed E-state index contributed by atoms with van der Waals surface area (Å²) in [5, 5.41) is 0. The van der Waals surface area contributed by atoms with Gasteiger partial charge in [0, 0.05) is 6.04 Å². The lowest BCUT2D eigenvalue weighted by molar-refractivity contribution is -0.124. The first-order valence-corrected chi connectivity index (χ1v) is 6.10. The van der Waals surface area contributed by atoms with Gasteiger partial charge in [0.2, 0.25) is 5.91 Å². The van der Waals surface area contributed by atoms with Crippen molar-refractivity contribution in [2.45, 2.75) is 57.7 Å². The number of rotatable bonds is 1. The molecule has 2 unspecified atom stereocenters. The quantitative estimate of drug-likeness (QED) is 0.750. The molecule has 2 N–H and O–H groups in total. The number of amides is 2. The van der Waals surface area contributed by atoms with Crippen LogP contribution in [0.2, 0.25) is 0 Å². The van der Waals surface area contributed by atoms with Crippen molar-refractivity contribution < 1.29 is 14.3 Å². The van der Waals surface area contributed by atoms with Crippen molar-refractivity contribution in [2.75, 3.05) is 0 Å². The molecule has 5 heteroatoms. The van der Waals surface area contributed by atoms with Crippen LogP contribution < -0.4 is 5.73 Å². The molecular weight excluding hydrogens is 220 g/mol. The molecule has 3 atom stereocenters. The lowest BCUT2D eigenvalue weighted by atomic mass is 9.98. The molecule has 2 fully saturated rings. The highest BCUT2D eigenvalue weighted by molar-refractivity contribution is 5.86. The van der Waals surface area contributed by atoms with E-state index in [-0.39, 0.29) is 12.0 Å². The summed E-state index contributed by atoms with van der Waals surface area (Å²) >= 11 is 0. The van der Waals surface area contributed by atoms with E-state index >= 15 is 0 Å². The smallest absolute Gasteiger partial charge is 0.411 e. The minimum atomic E-state index is -0.541. The molecule has 0 aromatic carbocycles. The maximum Gasteiger partial charge on any atom is 0.411 e. The highest BCUT2D eigenvalue weighted by atomic mass is 16.6. The second-order valence-electron chi connectivity index (χ2n) is 5.96. The number of ether oxygens (including phenoxy) is 1. The van der Waals surface area contributed by atoms with Gasteiger partial charge in [0.15, 0.2) is 0 Å². The molecule has 5 nitrogen and oxygen atoms in total. The number of nitrogens with two attached hydrogens (primary N) is 1. The van der Waals surface area contributed by atoms with E-state index in [1.807, 2.05) is 20.8 Å². The van der Waals surface area contributed by atoms with Crippen molar-refractivity contribution in [2.24, 2.45) is 11.7 Å². The van der Waals surface area contributed by atoms with E-state index in [4.69, 9.17) is 10.5 Å². The first-order valence-electron chi connectivity index (χ1n) is 6.10. The molecule has 2 bridgehead atoms. The fourth-order valence-corrected chi connectivity index (χ4v) is 2.93. The topological polar surface area (TPSA) is 72.6 Å². The minimum Gasteiger partial charge on any atom is -0.444 e. The Balaban J connectivity index is 2.14. The van der Waals surface area contributed by atoms with Gasteiger partial charge in [0.1, 0.15) is 11.6 Å². The van der Waals surface area contributed by atoms with Crippen LogP contribution in [0.25, 0.3) is 0 Å². The van der Waals surface area contributed by atoms with Gasteiger partial charge in [-0.1, -0.05) is 0 Å². The Labute approximate surface area is 101 Å². The van der Waals surface area contributed by atoms with Crippen LogP contribution in [0, 0.1) is 5.92 Å². The number of carbonyl (C=O) groups is 2. The van der Waals surface area contributed by atoms with Crippen molar-refractivity contribution in [3.63, 3.8) is 0 Å². The molecule has 1 saturated heterocycles. The van der Waals surface area contributed by atoms with E-state index < -0.39 is 23.6 Å². The van der Waals surface area contributed by atoms with Gasteiger partial charge in [-0.25, -0.2) is 4.79 Å². The first-order chi connectivity index (χ1) is 7.79. The third kappa shape index (κ3) is 2.23. The summed E-state index contributed by atoms with van der Waals surface area (Å²) in [6.07, 6.45) is 2.41. The highest BCUT2D eigenvalue weighted by Gasteiger charge is 2.51. The SMILES string of the molecule is CC(C)(C)OC(=O)N1C(C(N)=O)C2CC[C@@H]1C2. The standard InChI is InChI=1S/C12H20N2O3/c1-12(2,3)17-11(16)14-8-5-4-7(6-8)9(14)10(13)15/h7-9H,4-6H2,1-3H3,(H2,13,15)/t7?,8-,9?/m1/s1. The molecule has 0 aromatic heterocycles. The van der Waals surface area contributed by atoms with Crippen molar-refractivity contribution >= 4 is 12.0 Å². The van der Waals surface area contributed by atoms with Gasteiger partial charge in [-0.2, -0.15) is 0 Å². The van der Waals surface area contributed by atoms with Crippen LogP contribution in [0.1, 0.15) is 40.0 Å². The monoisotopic (exact) mass is 240 g/mol. The molecule has 1 heterocycles. The van der Waals surface area contributed by atoms with Crippen LogP contribution in [0.3, 0.4) is 0 Å². The molecule has 0 spiro atoms. The predicted octanol–water partition coefficient (Wildman–Crippen LogP) is 1.26. The zero-order valence-electron chi connectivity index (χ0n) is 10.6. The number of hydrogen-bond acceptors (Lipinski definition) is 3. The largest absolute Gasteiger partial charge is 0.444 e. The summed E-state index contributed by atoms with van der Waals surface area (Å²) in [5.74, 6) is -0.187. The van der Waals surface area contributed by atoms with Crippen LogP contribution in [-0.4, -0.2) is 34.6 Å². The Bertz CT molecular complexity index is 348. The van der Waals surface area contributed by atoms with Gasteiger partial charge in [-0.15, -0.1) is 0 Å². The Morgan fingerprint density at radius 1 is 1.29 bits per heavy atom. The summed E-state index contributed by atoms with van der Waals surface area (Å²) in [6.45, 7) is 5.45. The zero-order chi connectivity index (χ0) is 12.8. The molecule has 1 aliphatic heterocycles. The molecule has 2 aliphatic rings. The number of piperidine rings is 1. The van der Waals surface area contributed by atoms with E-state index in [1.165, 1.54) is 0 Å².